The SMILES string of the molecule is Nc1cccc(S(=O)(=O)Nc2ccnc3cc(Cl)ccc23)c1. The Bertz CT molecular complexity index is 958. The molecule has 0 aliphatic carbocycles. The van der Waals surface area contributed by atoms with Crippen molar-refractivity contribution in [2.24, 2.45) is 0 Å². The summed E-state index contributed by atoms with van der Waals surface area (Å²) in [5.74, 6) is 0. The summed E-state index contributed by atoms with van der Waals surface area (Å²) in [6.07, 6.45) is 1.52. The molecule has 112 valence electrons. The fourth-order valence-corrected chi connectivity index (χ4v) is 3.40. The van der Waals surface area contributed by atoms with Crippen molar-refractivity contribution < 1.29 is 8.42 Å². The highest BCUT2D eigenvalue weighted by Gasteiger charge is 2.16. The molecule has 0 spiro atoms. The molecule has 2 aromatic carbocycles. The van der Waals surface area contributed by atoms with E-state index in [1.54, 1.807) is 36.4 Å². The van der Waals surface area contributed by atoms with E-state index < -0.39 is 10.0 Å². The van der Waals surface area contributed by atoms with Gasteiger partial charge in [-0.15, -0.1) is 0 Å². The molecule has 0 amide bonds. The number of nitrogens with zero attached hydrogens (tertiary/aromatic N) is 1. The number of rotatable bonds is 3. The number of benzene rings is 2. The number of hydrogen-bond acceptors (Lipinski definition) is 4. The zero-order valence-electron chi connectivity index (χ0n) is 11.3. The number of sulfonamides is 1. The summed E-state index contributed by atoms with van der Waals surface area (Å²) in [5.41, 5.74) is 7.07. The number of nitrogen functional groups attached to an aromatic ring is 1. The first kappa shape index (κ1) is 14.6. The van der Waals surface area contributed by atoms with Gasteiger partial charge in [0.05, 0.1) is 16.1 Å². The Hall–Kier alpha value is -2.31. The minimum atomic E-state index is -3.73. The molecule has 1 heterocycles. The molecule has 0 aliphatic heterocycles. The Morgan fingerprint density at radius 2 is 1.91 bits per heavy atom. The summed E-state index contributed by atoms with van der Waals surface area (Å²) >= 11 is 5.92. The minimum absolute atomic E-state index is 0.103. The third kappa shape index (κ3) is 2.84. The van der Waals surface area contributed by atoms with Crippen LogP contribution < -0.4 is 10.5 Å². The maximum atomic E-state index is 12.5. The first-order valence-electron chi connectivity index (χ1n) is 6.38. The van der Waals surface area contributed by atoms with E-state index in [1.165, 1.54) is 18.3 Å². The Kier molecular flexibility index (Phi) is 3.64. The van der Waals surface area contributed by atoms with Gasteiger partial charge in [0.1, 0.15) is 0 Å². The maximum absolute atomic E-state index is 12.5. The summed E-state index contributed by atoms with van der Waals surface area (Å²) in [5, 5.41) is 1.20. The van der Waals surface area contributed by atoms with Crippen LogP contribution in [0, 0.1) is 0 Å². The molecule has 22 heavy (non-hydrogen) atoms. The van der Waals surface area contributed by atoms with Gasteiger partial charge >= 0.3 is 0 Å². The lowest BCUT2D eigenvalue weighted by Crippen LogP contribution is -2.13. The van der Waals surface area contributed by atoms with Crippen LogP contribution in [0.3, 0.4) is 0 Å². The second kappa shape index (κ2) is 5.47. The van der Waals surface area contributed by atoms with Crippen molar-refractivity contribution in [2.45, 2.75) is 4.90 Å². The Morgan fingerprint density at radius 1 is 1.09 bits per heavy atom. The molecule has 7 heteroatoms. The second-order valence-corrected chi connectivity index (χ2v) is 6.82. The molecule has 0 atom stereocenters. The van der Waals surface area contributed by atoms with E-state index in [4.69, 9.17) is 17.3 Å². The van der Waals surface area contributed by atoms with Crippen LogP contribution >= 0.6 is 11.6 Å². The lowest BCUT2D eigenvalue weighted by atomic mass is 10.2. The molecule has 0 saturated heterocycles. The number of hydrogen-bond donors (Lipinski definition) is 2. The number of nitrogens with two attached hydrogens (primary N) is 1. The van der Waals surface area contributed by atoms with E-state index in [9.17, 15) is 8.42 Å². The van der Waals surface area contributed by atoms with Crippen molar-refractivity contribution in [2.75, 3.05) is 10.5 Å². The van der Waals surface area contributed by atoms with Crippen molar-refractivity contribution in [1.29, 1.82) is 0 Å². The van der Waals surface area contributed by atoms with E-state index in [1.807, 2.05) is 0 Å². The van der Waals surface area contributed by atoms with Crippen LogP contribution in [0.25, 0.3) is 10.9 Å². The van der Waals surface area contributed by atoms with Crippen molar-refractivity contribution in [1.82, 2.24) is 4.98 Å². The zero-order chi connectivity index (χ0) is 15.7. The molecular weight excluding hydrogens is 322 g/mol. The molecule has 0 unspecified atom stereocenters. The first-order chi connectivity index (χ1) is 10.5. The minimum Gasteiger partial charge on any atom is -0.399 e. The zero-order valence-corrected chi connectivity index (χ0v) is 12.9. The smallest absolute Gasteiger partial charge is 0.261 e. The van der Waals surface area contributed by atoms with Gasteiger partial charge in [-0.2, -0.15) is 0 Å². The monoisotopic (exact) mass is 333 g/mol. The molecule has 0 bridgehead atoms. The highest BCUT2D eigenvalue weighted by atomic mass is 35.5. The van der Waals surface area contributed by atoms with Gasteiger partial charge in [0, 0.05) is 22.3 Å². The van der Waals surface area contributed by atoms with E-state index in [2.05, 4.69) is 9.71 Å². The van der Waals surface area contributed by atoms with E-state index in [-0.39, 0.29) is 4.90 Å². The summed E-state index contributed by atoms with van der Waals surface area (Å²) in [6, 6.07) is 12.8. The number of fused-ring (bicyclic) bond motifs is 1. The molecule has 1 aromatic heterocycles. The van der Waals surface area contributed by atoms with E-state index in [0.717, 1.165) is 0 Å². The van der Waals surface area contributed by atoms with Gasteiger partial charge in [-0.05, 0) is 42.5 Å². The number of halogens is 1. The molecule has 3 N–H and O–H groups in total. The van der Waals surface area contributed by atoms with Crippen LogP contribution in [0.4, 0.5) is 11.4 Å². The fourth-order valence-electron chi connectivity index (χ4n) is 2.10. The molecule has 0 aliphatic rings. The first-order valence-corrected chi connectivity index (χ1v) is 8.24. The predicted molar refractivity (Wildman–Crippen MR) is 88.4 cm³/mol. The third-order valence-corrected chi connectivity index (χ3v) is 4.72. The van der Waals surface area contributed by atoms with Crippen molar-refractivity contribution in [3.05, 3.63) is 59.8 Å². The predicted octanol–water partition coefficient (Wildman–Crippen LogP) is 3.27. The van der Waals surface area contributed by atoms with Crippen LogP contribution in [-0.2, 0) is 10.0 Å². The van der Waals surface area contributed by atoms with Gasteiger partial charge in [-0.1, -0.05) is 17.7 Å². The summed E-state index contributed by atoms with van der Waals surface area (Å²) in [6.45, 7) is 0. The van der Waals surface area contributed by atoms with Gasteiger partial charge < -0.3 is 5.73 Å². The van der Waals surface area contributed by atoms with Crippen LogP contribution in [0.15, 0.2) is 59.6 Å². The Balaban J connectivity index is 2.06. The number of anilines is 2. The van der Waals surface area contributed by atoms with Crippen molar-refractivity contribution in [3.8, 4) is 0 Å². The van der Waals surface area contributed by atoms with Crippen LogP contribution in [0.2, 0.25) is 5.02 Å². The van der Waals surface area contributed by atoms with Crippen molar-refractivity contribution in [3.63, 3.8) is 0 Å². The fraction of sp³-hybridized carbons (Fsp3) is 0. The molecular formula is C15H12ClN3O2S. The normalized spacial score (nSPS) is 11.5. The molecule has 5 nitrogen and oxygen atoms in total. The average Bonchev–Trinajstić information content (AvgIpc) is 2.47. The molecule has 0 fully saturated rings. The van der Waals surface area contributed by atoms with Gasteiger partial charge in [0.15, 0.2) is 0 Å². The van der Waals surface area contributed by atoms with Gasteiger partial charge in [-0.3, -0.25) is 9.71 Å². The molecule has 0 saturated carbocycles. The lowest BCUT2D eigenvalue weighted by Gasteiger charge is -2.11. The highest BCUT2D eigenvalue weighted by Crippen LogP contribution is 2.26. The maximum Gasteiger partial charge on any atom is 0.261 e. The highest BCUT2D eigenvalue weighted by molar-refractivity contribution is 7.92. The second-order valence-electron chi connectivity index (χ2n) is 4.70. The van der Waals surface area contributed by atoms with Crippen LogP contribution in [0.1, 0.15) is 0 Å². The van der Waals surface area contributed by atoms with Gasteiger partial charge in [-0.25, -0.2) is 8.42 Å². The molecule has 3 aromatic rings. The Labute approximate surface area is 132 Å². The summed E-state index contributed by atoms with van der Waals surface area (Å²) < 4.78 is 27.5. The molecule has 0 radical (unpaired) electrons. The number of aromatic nitrogens is 1. The van der Waals surface area contributed by atoms with E-state index in [0.29, 0.717) is 27.3 Å². The number of pyridine rings is 1. The van der Waals surface area contributed by atoms with Crippen LogP contribution in [0.5, 0.6) is 0 Å². The quantitative estimate of drug-likeness (QED) is 0.720. The number of nitrogens with one attached hydrogen (secondary N) is 1. The van der Waals surface area contributed by atoms with Crippen molar-refractivity contribution >= 4 is 43.9 Å². The average molecular weight is 334 g/mol. The third-order valence-electron chi connectivity index (χ3n) is 3.12. The van der Waals surface area contributed by atoms with Gasteiger partial charge in [0.25, 0.3) is 10.0 Å². The topological polar surface area (TPSA) is 85.1 Å². The largest absolute Gasteiger partial charge is 0.399 e. The Morgan fingerprint density at radius 3 is 2.68 bits per heavy atom. The molecule has 3 rings (SSSR count). The summed E-state index contributed by atoms with van der Waals surface area (Å²) in [4.78, 5) is 4.28. The van der Waals surface area contributed by atoms with E-state index >= 15 is 0 Å². The van der Waals surface area contributed by atoms with Gasteiger partial charge in [0.2, 0.25) is 0 Å². The lowest BCUT2D eigenvalue weighted by molar-refractivity contribution is 0.601. The standard InChI is InChI=1S/C15H12ClN3O2S/c16-10-4-5-13-14(6-7-18-15(13)8-10)19-22(20,21)12-3-1-2-11(17)9-12/h1-9H,17H2,(H,18,19). The van der Waals surface area contributed by atoms with Crippen LogP contribution in [-0.4, -0.2) is 13.4 Å². The summed E-state index contributed by atoms with van der Waals surface area (Å²) in [7, 11) is -3.73.